The lowest BCUT2D eigenvalue weighted by Gasteiger charge is -2.09. The van der Waals surface area contributed by atoms with E-state index in [2.05, 4.69) is 15.2 Å². The van der Waals surface area contributed by atoms with Crippen molar-refractivity contribution in [3.63, 3.8) is 0 Å². The molecule has 0 bridgehead atoms. The van der Waals surface area contributed by atoms with Crippen LogP contribution in [0.4, 0.5) is 0 Å². The van der Waals surface area contributed by atoms with Gasteiger partial charge in [-0.25, -0.2) is 0 Å². The molecular formula is C25H19ClN4O4. The van der Waals surface area contributed by atoms with Crippen LogP contribution in [0.1, 0.15) is 6.92 Å². The standard InChI is InChI=1S/C25H19ClN4O4/c1-3-33-20-13-8-15(14-21(20)32-2)23-27-24(34-29-23)22-18-6-4-5-7-19(18)25(31)30(28-22)17-11-9-16(26)10-12-17/h4-14H,3H2,1-2H3. The normalized spacial score (nSPS) is 11.0. The minimum Gasteiger partial charge on any atom is -0.493 e. The molecule has 5 aromatic rings. The third-order valence-corrected chi connectivity index (χ3v) is 5.48. The van der Waals surface area contributed by atoms with Crippen LogP contribution in [-0.2, 0) is 0 Å². The summed E-state index contributed by atoms with van der Waals surface area (Å²) in [5, 5.41) is 10.3. The van der Waals surface area contributed by atoms with E-state index in [-0.39, 0.29) is 11.4 Å². The summed E-state index contributed by atoms with van der Waals surface area (Å²) in [6.45, 7) is 2.42. The molecule has 34 heavy (non-hydrogen) atoms. The zero-order valence-corrected chi connectivity index (χ0v) is 19.1. The van der Waals surface area contributed by atoms with Crippen LogP contribution in [0, 0.1) is 0 Å². The summed E-state index contributed by atoms with van der Waals surface area (Å²) in [6.07, 6.45) is 0. The van der Waals surface area contributed by atoms with Crippen molar-refractivity contribution in [1.29, 1.82) is 0 Å². The minimum atomic E-state index is -0.266. The molecule has 0 aliphatic carbocycles. The maximum absolute atomic E-state index is 13.2. The van der Waals surface area contributed by atoms with E-state index in [0.717, 1.165) is 0 Å². The van der Waals surface area contributed by atoms with Crippen molar-refractivity contribution in [3.05, 3.63) is 82.1 Å². The van der Waals surface area contributed by atoms with Crippen LogP contribution in [0.3, 0.4) is 0 Å². The number of ether oxygens (including phenoxy) is 2. The molecule has 8 nitrogen and oxygen atoms in total. The highest BCUT2D eigenvalue weighted by molar-refractivity contribution is 6.30. The van der Waals surface area contributed by atoms with Gasteiger partial charge in [0.15, 0.2) is 17.2 Å². The Hall–Kier alpha value is -4.17. The molecule has 3 aromatic carbocycles. The van der Waals surface area contributed by atoms with Gasteiger partial charge >= 0.3 is 0 Å². The Labute approximate surface area is 199 Å². The molecular weight excluding hydrogens is 456 g/mol. The molecule has 0 saturated heterocycles. The smallest absolute Gasteiger partial charge is 0.279 e. The summed E-state index contributed by atoms with van der Waals surface area (Å²) in [5.74, 6) is 1.72. The van der Waals surface area contributed by atoms with Gasteiger partial charge < -0.3 is 14.0 Å². The Morgan fingerprint density at radius 2 is 1.76 bits per heavy atom. The lowest BCUT2D eigenvalue weighted by molar-refractivity contribution is 0.311. The number of benzene rings is 3. The molecule has 2 heterocycles. The first-order valence-electron chi connectivity index (χ1n) is 10.5. The van der Waals surface area contributed by atoms with Crippen LogP contribution < -0.4 is 15.0 Å². The molecule has 0 saturated carbocycles. The molecule has 0 atom stereocenters. The summed E-state index contributed by atoms with van der Waals surface area (Å²) >= 11 is 6.01. The fraction of sp³-hybridized carbons (Fsp3) is 0.120. The molecule has 2 aromatic heterocycles. The number of nitrogens with zero attached hydrogens (tertiary/aromatic N) is 4. The molecule has 0 aliphatic heterocycles. The Morgan fingerprint density at radius 3 is 2.50 bits per heavy atom. The Bertz CT molecular complexity index is 1540. The van der Waals surface area contributed by atoms with E-state index < -0.39 is 0 Å². The first-order valence-corrected chi connectivity index (χ1v) is 10.9. The number of hydrogen-bond donors (Lipinski definition) is 0. The molecule has 170 valence electrons. The largest absolute Gasteiger partial charge is 0.493 e. The van der Waals surface area contributed by atoms with E-state index in [1.54, 1.807) is 61.7 Å². The average Bonchev–Trinajstić information content (AvgIpc) is 3.36. The highest BCUT2D eigenvalue weighted by Crippen LogP contribution is 2.33. The number of fused-ring (bicyclic) bond motifs is 1. The molecule has 9 heteroatoms. The van der Waals surface area contributed by atoms with Gasteiger partial charge in [-0.1, -0.05) is 35.0 Å². The Kier molecular flexibility index (Phi) is 5.73. The van der Waals surface area contributed by atoms with Crippen LogP contribution in [0.15, 0.2) is 76.0 Å². The maximum Gasteiger partial charge on any atom is 0.279 e. The van der Waals surface area contributed by atoms with Crippen molar-refractivity contribution in [1.82, 2.24) is 19.9 Å². The number of aromatic nitrogens is 4. The summed E-state index contributed by atoms with van der Waals surface area (Å²) in [6, 6.07) is 19.4. The Balaban J connectivity index is 1.64. The van der Waals surface area contributed by atoms with Crippen LogP contribution in [0.2, 0.25) is 5.02 Å². The van der Waals surface area contributed by atoms with Gasteiger partial charge in [-0.05, 0) is 55.5 Å². The molecule has 0 aliphatic rings. The predicted molar refractivity (Wildman–Crippen MR) is 129 cm³/mol. The van der Waals surface area contributed by atoms with E-state index in [4.69, 9.17) is 25.6 Å². The third kappa shape index (κ3) is 3.88. The van der Waals surface area contributed by atoms with Gasteiger partial charge in [0, 0.05) is 16.0 Å². The first kappa shape index (κ1) is 21.7. The number of rotatable bonds is 6. The van der Waals surface area contributed by atoms with E-state index >= 15 is 0 Å². The van der Waals surface area contributed by atoms with Gasteiger partial charge in [0.1, 0.15) is 0 Å². The highest BCUT2D eigenvalue weighted by Gasteiger charge is 2.19. The second kappa shape index (κ2) is 8.99. The second-order valence-corrected chi connectivity index (χ2v) is 7.75. The van der Waals surface area contributed by atoms with Crippen molar-refractivity contribution in [3.8, 4) is 40.2 Å². The van der Waals surface area contributed by atoms with Gasteiger partial charge in [0.2, 0.25) is 5.82 Å². The zero-order valence-electron chi connectivity index (χ0n) is 18.4. The van der Waals surface area contributed by atoms with Crippen LogP contribution >= 0.6 is 11.6 Å². The lowest BCUT2D eigenvalue weighted by Crippen LogP contribution is -2.22. The molecule has 0 spiro atoms. The van der Waals surface area contributed by atoms with Gasteiger partial charge in [-0.2, -0.15) is 14.8 Å². The van der Waals surface area contributed by atoms with Gasteiger partial charge in [0.05, 0.1) is 24.8 Å². The quantitative estimate of drug-likeness (QED) is 0.335. The van der Waals surface area contributed by atoms with Gasteiger partial charge in [-0.15, -0.1) is 0 Å². The number of methoxy groups -OCH3 is 1. The fourth-order valence-electron chi connectivity index (χ4n) is 3.62. The van der Waals surface area contributed by atoms with Crippen molar-refractivity contribution >= 4 is 22.4 Å². The minimum absolute atomic E-state index is 0.182. The van der Waals surface area contributed by atoms with E-state index in [1.165, 1.54) is 4.68 Å². The second-order valence-electron chi connectivity index (χ2n) is 7.31. The van der Waals surface area contributed by atoms with Crippen molar-refractivity contribution in [2.45, 2.75) is 6.92 Å². The zero-order chi connectivity index (χ0) is 23.7. The SMILES string of the molecule is CCOc1ccc(-c2noc(-c3nn(-c4ccc(Cl)cc4)c(=O)c4ccccc34)n2)cc1OC. The number of hydrogen-bond acceptors (Lipinski definition) is 7. The third-order valence-electron chi connectivity index (χ3n) is 5.23. The summed E-state index contributed by atoms with van der Waals surface area (Å²) in [4.78, 5) is 17.7. The van der Waals surface area contributed by atoms with Gasteiger partial charge in [0.25, 0.3) is 11.4 Å². The molecule has 5 rings (SSSR count). The summed E-state index contributed by atoms with van der Waals surface area (Å²) < 4.78 is 17.9. The molecule has 0 radical (unpaired) electrons. The van der Waals surface area contributed by atoms with Crippen LogP contribution in [0.5, 0.6) is 11.5 Å². The molecule has 0 N–H and O–H groups in total. The van der Waals surface area contributed by atoms with Crippen LogP contribution in [0.25, 0.3) is 39.4 Å². The van der Waals surface area contributed by atoms with E-state index in [0.29, 0.717) is 56.7 Å². The van der Waals surface area contributed by atoms with Crippen molar-refractivity contribution in [2.75, 3.05) is 13.7 Å². The average molecular weight is 475 g/mol. The van der Waals surface area contributed by atoms with Crippen molar-refractivity contribution < 1.29 is 14.0 Å². The van der Waals surface area contributed by atoms with Crippen LogP contribution in [-0.4, -0.2) is 33.6 Å². The molecule has 0 amide bonds. The molecule has 0 unspecified atom stereocenters. The lowest BCUT2D eigenvalue weighted by atomic mass is 10.1. The predicted octanol–water partition coefficient (Wildman–Crippen LogP) is 5.16. The monoisotopic (exact) mass is 474 g/mol. The Morgan fingerprint density at radius 1 is 1.00 bits per heavy atom. The van der Waals surface area contributed by atoms with E-state index in [9.17, 15) is 4.79 Å². The topological polar surface area (TPSA) is 92.3 Å². The summed E-state index contributed by atoms with van der Waals surface area (Å²) in [7, 11) is 1.57. The van der Waals surface area contributed by atoms with Gasteiger partial charge in [-0.3, -0.25) is 4.79 Å². The maximum atomic E-state index is 13.2. The summed E-state index contributed by atoms with van der Waals surface area (Å²) in [5.41, 5.74) is 1.38. The molecule has 0 fully saturated rings. The highest BCUT2D eigenvalue weighted by atomic mass is 35.5. The fourth-order valence-corrected chi connectivity index (χ4v) is 3.75. The van der Waals surface area contributed by atoms with Crippen molar-refractivity contribution in [2.24, 2.45) is 0 Å². The number of halogens is 1. The van der Waals surface area contributed by atoms with E-state index in [1.807, 2.05) is 19.1 Å². The first-order chi connectivity index (χ1) is 16.6.